The van der Waals surface area contributed by atoms with Crippen LogP contribution in [0.1, 0.15) is 12.8 Å². The summed E-state index contributed by atoms with van der Waals surface area (Å²) < 4.78 is 1.14. The van der Waals surface area contributed by atoms with Crippen LogP contribution in [0.5, 0.6) is 0 Å². The summed E-state index contributed by atoms with van der Waals surface area (Å²) in [7, 11) is 1.70. The molecule has 102 valence electrons. The zero-order chi connectivity index (χ0) is 13.7. The van der Waals surface area contributed by atoms with Crippen LogP contribution >= 0.6 is 22.6 Å². The molecule has 0 bridgehead atoms. The first-order valence-corrected chi connectivity index (χ1v) is 7.28. The lowest BCUT2D eigenvalue weighted by molar-refractivity contribution is -0.115. The van der Waals surface area contributed by atoms with Crippen LogP contribution in [0.2, 0.25) is 0 Å². The van der Waals surface area contributed by atoms with Crippen molar-refractivity contribution < 1.29 is 4.79 Å². The van der Waals surface area contributed by atoms with E-state index in [9.17, 15) is 4.79 Å². The van der Waals surface area contributed by atoms with E-state index in [0.717, 1.165) is 9.26 Å². The van der Waals surface area contributed by atoms with Crippen molar-refractivity contribution in [2.75, 3.05) is 18.9 Å². The Morgan fingerprint density at radius 1 is 1.37 bits per heavy atom. The minimum Gasteiger partial charge on any atom is -0.354 e. The highest BCUT2D eigenvalue weighted by atomic mass is 127. The normalized spacial score (nSPS) is 14.9. The molecule has 0 aliphatic heterocycles. The predicted molar refractivity (Wildman–Crippen MR) is 85.3 cm³/mol. The molecule has 1 fully saturated rings. The number of carbonyl (C=O) groups excluding carboxylic acids is 1. The van der Waals surface area contributed by atoms with E-state index in [1.807, 2.05) is 24.3 Å². The Morgan fingerprint density at radius 3 is 2.63 bits per heavy atom. The number of amides is 1. The van der Waals surface area contributed by atoms with Crippen molar-refractivity contribution in [3.8, 4) is 0 Å². The van der Waals surface area contributed by atoms with Crippen LogP contribution in [0, 0.1) is 3.57 Å². The summed E-state index contributed by atoms with van der Waals surface area (Å²) in [4.78, 5) is 15.8. The minimum atomic E-state index is -0.0834. The quantitative estimate of drug-likeness (QED) is 0.427. The van der Waals surface area contributed by atoms with Gasteiger partial charge in [0.15, 0.2) is 5.96 Å². The van der Waals surface area contributed by atoms with Gasteiger partial charge < -0.3 is 16.0 Å². The van der Waals surface area contributed by atoms with Gasteiger partial charge in [0, 0.05) is 22.3 Å². The number of nitrogens with one attached hydrogen (secondary N) is 3. The molecule has 1 aromatic carbocycles. The van der Waals surface area contributed by atoms with E-state index in [-0.39, 0.29) is 12.5 Å². The second-order valence-corrected chi connectivity index (χ2v) is 5.65. The number of aliphatic imine (C=N–C) groups is 1. The molecule has 0 radical (unpaired) electrons. The van der Waals surface area contributed by atoms with E-state index < -0.39 is 0 Å². The molecule has 1 amide bonds. The van der Waals surface area contributed by atoms with E-state index >= 15 is 0 Å². The van der Waals surface area contributed by atoms with Crippen molar-refractivity contribution >= 4 is 40.1 Å². The van der Waals surface area contributed by atoms with Crippen molar-refractivity contribution in [3.05, 3.63) is 27.8 Å². The van der Waals surface area contributed by atoms with Gasteiger partial charge in [-0.3, -0.25) is 9.79 Å². The molecular formula is C13H17IN4O. The van der Waals surface area contributed by atoms with Crippen molar-refractivity contribution in [1.29, 1.82) is 0 Å². The zero-order valence-corrected chi connectivity index (χ0v) is 12.9. The molecule has 1 aliphatic carbocycles. The van der Waals surface area contributed by atoms with Gasteiger partial charge in [0.2, 0.25) is 5.91 Å². The highest BCUT2D eigenvalue weighted by Crippen LogP contribution is 2.18. The molecule has 3 N–H and O–H groups in total. The standard InChI is InChI=1S/C13H17IN4O/c1-15-13(18-11-6-7-11)16-8-12(19)17-10-4-2-9(14)3-5-10/h2-5,11H,6-8H2,1H3,(H,17,19)(H2,15,16,18). The number of halogens is 1. The molecule has 1 aromatic rings. The molecule has 1 aliphatic rings. The van der Waals surface area contributed by atoms with Crippen LogP contribution in [0.3, 0.4) is 0 Å². The summed E-state index contributed by atoms with van der Waals surface area (Å²) >= 11 is 2.23. The first-order valence-electron chi connectivity index (χ1n) is 6.20. The van der Waals surface area contributed by atoms with E-state index in [2.05, 4.69) is 43.5 Å². The van der Waals surface area contributed by atoms with Crippen LogP contribution in [-0.2, 0) is 4.79 Å². The summed E-state index contributed by atoms with van der Waals surface area (Å²) in [5.41, 5.74) is 0.803. The van der Waals surface area contributed by atoms with Gasteiger partial charge >= 0.3 is 0 Å². The smallest absolute Gasteiger partial charge is 0.243 e. The van der Waals surface area contributed by atoms with Gasteiger partial charge in [0.05, 0.1) is 6.54 Å². The topological polar surface area (TPSA) is 65.5 Å². The fourth-order valence-electron chi connectivity index (χ4n) is 1.52. The molecule has 5 nitrogen and oxygen atoms in total. The maximum Gasteiger partial charge on any atom is 0.243 e. The van der Waals surface area contributed by atoms with Gasteiger partial charge in [-0.2, -0.15) is 0 Å². The second kappa shape index (κ2) is 6.74. The average molecular weight is 372 g/mol. The summed E-state index contributed by atoms with van der Waals surface area (Å²) in [5.74, 6) is 0.597. The SMILES string of the molecule is CN=C(NCC(=O)Nc1ccc(I)cc1)NC1CC1. The lowest BCUT2D eigenvalue weighted by atomic mass is 10.3. The maximum absolute atomic E-state index is 11.8. The molecule has 2 rings (SSSR count). The highest BCUT2D eigenvalue weighted by Gasteiger charge is 2.22. The van der Waals surface area contributed by atoms with Crippen molar-refractivity contribution in [1.82, 2.24) is 10.6 Å². The summed E-state index contributed by atoms with van der Waals surface area (Å²) in [5, 5.41) is 9.05. The summed E-state index contributed by atoms with van der Waals surface area (Å²) in [6.45, 7) is 0.207. The average Bonchev–Trinajstić information content (AvgIpc) is 3.21. The number of nitrogens with zero attached hydrogens (tertiary/aromatic N) is 1. The molecule has 1 saturated carbocycles. The number of benzene rings is 1. The fraction of sp³-hybridized carbons (Fsp3) is 0.385. The molecule has 0 heterocycles. The highest BCUT2D eigenvalue weighted by molar-refractivity contribution is 14.1. The number of hydrogen-bond acceptors (Lipinski definition) is 2. The van der Waals surface area contributed by atoms with E-state index in [0.29, 0.717) is 12.0 Å². The third-order valence-corrected chi connectivity index (χ3v) is 3.41. The Bertz CT molecular complexity index is 468. The Labute approximate surface area is 126 Å². The van der Waals surface area contributed by atoms with Crippen LogP contribution in [-0.4, -0.2) is 31.5 Å². The van der Waals surface area contributed by atoms with Gasteiger partial charge in [-0.15, -0.1) is 0 Å². The number of rotatable bonds is 4. The van der Waals surface area contributed by atoms with Crippen LogP contribution in [0.25, 0.3) is 0 Å². The Hall–Kier alpha value is -1.31. The lowest BCUT2D eigenvalue weighted by Crippen LogP contribution is -2.42. The van der Waals surface area contributed by atoms with Crippen molar-refractivity contribution in [3.63, 3.8) is 0 Å². The van der Waals surface area contributed by atoms with E-state index in [1.165, 1.54) is 12.8 Å². The molecular weight excluding hydrogens is 355 g/mol. The van der Waals surface area contributed by atoms with Gasteiger partial charge in [-0.05, 0) is 59.7 Å². The molecule has 0 atom stereocenters. The fourth-order valence-corrected chi connectivity index (χ4v) is 1.88. The van der Waals surface area contributed by atoms with Gasteiger partial charge in [-0.25, -0.2) is 0 Å². The Morgan fingerprint density at radius 2 is 2.05 bits per heavy atom. The minimum absolute atomic E-state index is 0.0834. The van der Waals surface area contributed by atoms with E-state index in [4.69, 9.17) is 0 Å². The third-order valence-electron chi connectivity index (χ3n) is 2.69. The summed E-state index contributed by atoms with van der Waals surface area (Å²) in [6, 6.07) is 8.20. The molecule has 0 saturated heterocycles. The maximum atomic E-state index is 11.8. The molecule has 6 heteroatoms. The monoisotopic (exact) mass is 372 g/mol. The third kappa shape index (κ3) is 5.06. The number of anilines is 1. The molecule has 0 spiro atoms. The first-order chi connectivity index (χ1) is 9.17. The number of guanidine groups is 1. The van der Waals surface area contributed by atoms with Crippen LogP contribution in [0.4, 0.5) is 5.69 Å². The van der Waals surface area contributed by atoms with Gasteiger partial charge in [0.25, 0.3) is 0 Å². The first kappa shape index (κ1) is 14.1. The summed E-state index contributed by atoms with van der Waals surface area (Å²) in [6.07, 6.45) is 2.35. The van der Waals surface area contributed by atoms with Gasteiger partial charge in [-0.1, -0.05) is 0 Å². The van der Waals surface area contributed by atoms with Crippen LogP contribution < -0.4 is 16.0 Å². The molecule has 19 heavy (non-hydrogen) atoms. The molecule has 0 aromatic heterocycles. The number of hydrogen-bond donors (Lipinski definition) is 3. The van der Waals surface area contributed by atoms with Crippen molar-refractivity contribution in [2.24, 2.45) is 4.99 Å². The zero-order valence-electron chi connectivity index (χ0n) is 10.7. The second-order valence-electron chi connectivity index (χ2n) is 4.40. The Kier molecular flexibility index (Phi) is 5.00. The Balaban J connectivity index is 1.75. The van der Waals surface area contributed by atoms with E-state index in [1.54, 1.807) is 7.05 Å². The van der Waals surface area contributed by atoms with Crippen molar-refractivity contribution in [2.45, 2.75) is 18.9 Å². The molecule has 0 unspecified atom stereocenters. The number of carbonyl (C=O) groups is 1. The lowest BCUT2D eigenvalue weighted by Gasteiger charge is -2.11. The predicted octanol–water partition coefficient (Wildman–Crippen LogP) is 1.56. The van der Waals surface area contributed by atoms with Crippen LogP contribution in [0.15, 0.2) is 29.3 Å². The largest absolute Gasteiger partial charge is 0.354 e. The van der Waals surface area contributed by atoms with Gasteiger partial charge in [0.1, 0.15) is 0 Å².